The molecule has 1 aliphatic heterocycles. The van der Waals surface area contributed by atoms with E-state index in [2.05, 4.69) is 46.2 Å². The standard InChI is InChI=1S/C10H20NP/c1-7(2)11(8(3)4)12-9(5)10(12)6/h7-8H,1-6H3. The Hall–Kier alpha value is 0.130. The van der Waals surface area contributed by atoms with E-state index < -0.39 is 0 Å². The van der Waals surface area contributed by atoms with Crippen LogP contribution >= 0.6 is 8.07 Å². The van der Waals surface area contributed by atoms with Gasteiger partial charge in [-0.15, -0.1) is 0 Å². The fourth-order valence-corrected chi connectivity index (χ4v) is 4.19. The molecule has 0 saturated carbocycles. The maximum Gasteiger partial charge on any atom is 0.0203 e. The zero-order chi connectivity index (χ0) is 9.46. The molecule has 0 aromatic carbocycles. The van der Waals surface area contributed by atoms with Gasteiger partial charge in [-0.3, -0.25) is 4.67 Å². The fraction of sp³-hybridized carbons (Fsp3) is 0.800. The minimum atomic E-state index is 0.0514. The third-order valence-corrected chi connectivity index (χ3v) is 5.50. The number of hydrogen-bond donors (Lipinski definition) is 0. The van der Waals surface area contributed by atoms with Crippen LogP contribution in [0, 0.1) is 0 Å². The second-order valence-corrected chi connectivity index (χ2v) is 6.48. The van der Waals surface area contributed by atoms with E-state index in [1.165, 1.54) is 0 Å². The highest BCUT2D eigenvalue weighted by atomic mass is 31.1. The Labute approximate surface area is 77.6 Å². The first-order valence-electron chi connectivity index (χ1n) is 4.72. The first kappa shape index (κ1) is 10.2. The van der Waals surface area contributed by atoms with Crippen LogP contribution in [-0.4, -0.2) is 16.8 Å². The SMILES string of the molecule is CC1=C(C)P1N(C(C)C)C(C)C. The Morgan fingerprint density at radius 2 is 1.25 bits per heavy atom. The summed E-state index contributed by atoms with van der Waals surface area (Å²) < 4.78 is 2.64. The van der Waals surface area contributed by atoms with Crippen molar-refractivity contribution in [2.24, 2.45) is 0 Å². The van der Waals surface area contributed by atoms with Crippen LogP contribution < -0.4 is 0 Å². The van der Waals surface area contributed by atoms with Gasteiger partial charge in [0, 0.05) is 20.2 Å². The van der Waals surface area contributed by atoms with Crippen molar-refractivity contribution in [2.45, 2.75) is 53.6 Å². The van der Waals surface area contributed by atoms with Gasteiger partial charge in [-0.05, 0) is 52.2 Å². The molecule has 1 nitrogen and oxygen atoms in total. The van der Waals surface area contributed by atoms with Gasteiger partial charge in [0.25, 0.3) is 0 Å². The molecule has 0 saturated heterocycles. The predicted octanol–water partition coefficient (Wildman–Crippen LogP) is 3.77. The number of nitrogens with zero attached hydrogens (tertiary/aromatic N) is 1. The van der Waals surface area contributed by atoms with Crippen molar-refractivity contribution < 1.29 is 0 Å². The predicted molar refractivity (Wildman–Crippen MR) is 57.4 cm³/mol. The second kappa shape index (κ2) is 3.47. The molecule has 1 aliphatic rings. The normalized spacial score (nSPS) is 18.8. The Balaban J connectivity index is 2.59. The van der Waals surface area contributed by atoms with Crippen molar-refractivity contribution in [2.75, 3.05) is 0 Å². The van der Waals surface area contributed by atoms with Gasteiger partial charge < -0.3 is 0 Å². The summed E-state index contributed by atoms with van der Waals surface area (Å²) in [7, 11) is 0.0514. The van der Waals surface area contributed by atoms with Gasteiger partial charge in [0.1, 0.15) is 0 Å². The van der Waals surface area contributed by atoms with Gasteiger partial charge in [-0.1, -0.05) is 0 Å². The van der Waals surface area contributed by atoms with E-state index in [0.29, 0.717) is 12.1 Å². The summed E-state index contributed by atoms with van der Waals surface area (Å²) in [5.41, 5.74) is 0. The van der Waals surface area contributed by atoms with Gasteiger partial charge >= 0.3 is 0 Å². The lowest BCUT2D eigenvalue weighted by Crippen LogP contribution is -2.30. The smallest absolute Gasteiger partial charge is 0.0203 e. The van der Waals surface area contributed by atoms with Crippen LogP contribution in [0.2, 0.25) is 0 Å². The molecule has 1 heterocycles. The van der Waals surface area contributed by atoms with E-state index in [-0.39, 0.29) is 8.07 Å². The topological polar surface area (TPSA) is 3.24 Å². The van der Waals surface area contributed by atoms with E-state index >= 15 is 0 Å². The van der Waals surface area contributed by atoms with Gasteiger partial charge in [-0.2, -0.15) is 0 Å². The molecule has 0 bridgehead atoms. The molecular weight excluding hydrogens is 165 g/mol. The molecule has 1 rings (SSSR count). The Morgan fingerprint density at radius 1 is 0.917 bits per heavy atom. The number of rotatable bonds is 3. The summed E-state index contributed by atoms with van der Waals surface area (Å²) in [6, 6.07) is 1.37. The van der Waals surface area contributed by atoms with E-state index in [1.807, 2.05) is 0 Å². The van der Waals surface area contributed by atoms with Crippen LogP contribution in [0.3, 0.4) is 0 Å². The molecule has 12 heavy (non-hydrogen) atoms. The molecule has 0 fully saturated rings. The van der Waals surface area contributed by atoms with Gasteiger partial charge in [0.05, 0.1) is 0 Å². The highest BCUT2D eigenvalue weighted by Gasteiger charge is 2.37. The minimum absolute atomic E-state index is 0.0514. The molecule has 0 aromatic heterocycles. The molecule has 0 aromatic rings. The molecule has 2 heteroatoms. The average Bonchev–Trinajstić information content (AvgIpc) is 2.44. The molecular formula is C10H20NP. The molecule has 70 valence electrons. The van der Waals surface area contributed by atoms with Crippen LogP contribution in [0.4, 0.5) is 0 Å². The van der Waals surface area contributed by atoms with Crippen LogP contribution in [0.15, 0.2) is 10.6 Å². The van der Waals surface area contributed by atoms with Crippen molar-refractivity contribution in [3.63, 3.8) is 0 Å². The summed E-state index contributed by atoms with van der Waals surface area (Å²) in [4.78, 5) is 0. The number of allylic oxidation sites excluding steroid dienone is 2. The lowest BCUT2D eigenvalue weighted by Gasteiger charge is -2.31. The zero-order valence-corrected chi connectivity index (χ0v) is 9.94. The Morgan fingerprint density at radius 3 is 1.33 bits per heavy atom. The van der Waals surface area contributed by atoms with Gasteiger partial charge in [0.15, 0.2) is 0 Å². The molecule has 0 spiro atoms. The van der Waals surface area contributed by atoms with E-state index in [0.717, 1.165) is 0 Å². The molecule has 0 radical (unpaired) electrons. The summed E-state index contributed by atoms with van der Waals surface area (Å²) in [6.07, 6.45) is 0. The zero-order valence-electron chi connectivity index (χ0n) is 9.05. The third kappa shape index (κ3) is 1.72. The summed E-state index contributed by atoms with van der Waals surface area (Å²) in [6.45, 7) is 13.7. The fourth-order valence-electron chi connectivity index (χ4n) is 1.75. The molecule has 0 unspecified atom stereocenters. The maximum atomic E-state index is 2.64. The summed E-state index contributed by atoms with van der Waals surface area (Å²) in [5, 5.41) is 3.29. The third-order valence-electron chi connectivity index (χ3n) is 2.40. The van der Waals surface area contributed by atoms with E-state index in [9.17, 15) is 0 Å². The first-order valence-corrected chi connectivity index (χ1v) is 6.02. The minimum Gasteiger partial charge on any atom is -0.270 e. The van der Waals surface area contributed by atoms with Gasteiger partial charge in [0.2, 0.25) is 0 Å². The monoisotopic (exact) mass is 185 g/mol. The molecule has 0 N–H and O–H groups in total. The first-order chi connectivity index (χ1) is 5.46. The molecule has 0 atom stereocenters. The quantitative estimate of drug-likeness (QED) is 0.605. The van der Waals surface area contributed by atoms with Crippen LogP contribution in [0.5, 0.6) is 0 Å². The summed E-state index contributed by atoms with van der Waals surface area (Å²) >= 11 is 0. The van der Waals surface area contributed by atoms with E-state index in [4.69, 9.17) is 0 Å². The highest BCUT2D eigenvalue weighted by Crippen LogP contribution is 2.71. The second-order valence-electron chi connectivity index (χ2n) is 4.05. The summed E-state index contributed by atoms with van der Waals surface area (Å²) in [5.74, 6) is 0. The van der Waals surface area contributed by atoms with Crippen LogP contribution in [-0.2, 0) is 0 Å². The van der Waals surface area contributed by atoms with Gasteiger partial charge in [-0.25, -0.2) is 0 Å². The lowest BCUT2D eigenvalue weighted by molar-refractivity contribution is 0.328. The Kier molecular flexibility index (Phi) is 2.96. The van der Waals surface area contributed by atoms with Crippen molar-refractivity contribution in [3.8, 4) is 0 Å². The molecule has 0 aliphatic carbocycles. The van der Waals surface area contributed by atoms with Crippen molar-refractivity contribution in [1.82, 2.24) is 4.67 Å². The Bertz CT molecular complexity index is 186. The number of hydrogen-bond acceptors (Lipinski definition) is 1. The van der Waals surface area contributed by atoms with Crippen molar-refractivity contribution in [3.05, 3.63) is 10.6 Å². The maximum absolute atomic E-state index is 2.64. The van der Waals surface area contributed by atoms with Crippen molar-refractivity contribution in [1.29, 1.82) is 0 Å². The molecule has 0 amide bonds. The van der Waals surface area contributed by atoms with Crippen molar-refractivity contribution >= 4 is 8.07 Å². The lowest BCUT2D eigenvalue weighted by atomic mass is 10.3. The van der Waals surface area contributed by atoms with E-state index in [1.54, 1.807) is 10.6 Å². The highest BCUT2D eigenvalue weighted by molar-refractivity contribution is 7.71. The average molecular weight is 185 g/mol. The van der Waals surface area contributed by atoms with Crippen LogP contribution in [0.1, 0.15) is 41.5 Å². The largest absolute Gasteiger partial charge is 0.270 e. The van der Waals surface area contributed by atoms with Crippen LogP contribution in [0.25, 0.3) is 0 Å².